The molecule has 2 rings (SSSR count). The van der Waals surface area contributed by atoms with E-state index in [9.17, 15) is 4.79 Å². The highest BCUT2D eigenvalue weighted by Crippen LogP contribution is 2.24. The summed E-state index contributed by atoms with van der Waals surface area (Å²) in [6.45, 7) is 0.930. The van der Waals surface area contributed by atoms with Crippen molar-refractivity contribution in [2.45, 2.75) is 38.3 Å². The molecule has 1 fully saturated rings. The zero-order valence-corrected chi connectivity index (χ0v) is 10.5. The minimum Gasteiger partial charge on any atom is -0.399 e. The summed E-state index contributed by atoms with van der Waals surface area (Å²) in [5, 5.41) is 0. The Labute approximate surface area is 107 Å². The van der Waals surface area contributed by atoms with Gasteiger partial charge < -0.3 is 11.5 Å². The van der Waals surface area contributed by atoms with Gasteiger partial charge >= 0.3 is 0 Å². The van der Waals surface area contributed by atoms with Gasteiger partial charge in [0, 0.05) is 24.5 Å². The SMILES string of the molecule is NC(=O)CN(Cc1cc(N)ccn1)C1CCCC1. The van der Waals surface area contributed by atoms with Crippen molar-refractivity contribution in [2.24, 2.45) is 5.73 Å². The van der Waals surface area contributed by atoms with Gasteiger partial charge in [0.05, 0.1) is 12.2 Å². The Kier molecular flexibility index (Phi) is 4.15. The predicted octanol–water partition coefficient (Wildman–Crippen LogP) is 0.894. The summed E-state index contributed by atoms with van der Waals surface area (Å²) >= 11 is 0. The minimum atomic E-state index is -0.286. The maximum absolute atomic E-state index is 11.2. The number of nitrogen functional groups attached to an aromatic ring is 1. The highest BCUT2D eigenvalue weighted by atomic mass is 16.1. The number of hydrogen-bond acceptors (Lipinski definition) is 4. The van der Waals surface area contributed by atoms with Crippen LogP contribution in [0.15, 0.2) is 18.3 Å². The molecular formula is C13H20N4O. The van der Waals surface area contributed by atoms with Gasteiger partial charge in [0.2, 0.25) is 5.91 Å². The molecule has 0 saturated heterocycles. The lowest BCUT2D eigenvalue weighted by Crippen LogP contribution is -2.39. The number of carbonyl (C=O) groups is 1. The average molecular weight is 248 g/mol. The highest BCUT2D eigenvalue weighted by Gasteiger charge is 2.24. The van der Waals surface area contributed by atoms with Gasteiger partial charge in [0.15, 0.2) is 0 Å². The van der Waals surface area contributed by atoms with Gasteiger partial charge in [-0.25, -0.2) is 0 Å². The van der Waals surface area contributed by atoms with E-state index < -0.39 is 0 Å². The van der Waals surface area contributed by atoms with Crippen molar-refractivity contribution in [3.63, 3.8) is 0 Å². The molecule has 0 radical (unpaired) electrons. The quantitative estimate of drug-likeness (QED) is 0.810. The number of nitrogens with zero attached hydrogens (tertiary/aromatic N) is 2. The van der Waals surface area contributed by atoms with Gasteiger partial charge in [0.1, 0.15) is 0 Å². The second-order valence-corrected chi connectivity index (χ2v) is 4.89. The van der Waals surface area contributed by atoms with Crippen LogP contribution in [0.1, 0.15) is 31.4 Å². The summed E-state index contributed by atoms with van der Waals surface area (Å²) in [6, 6.07) is 4.06. The average Bonchev–Trinajstić information content (AvgIpc) is 2.80. The number of hydrogen-bond donors (Lipinski definition) is 2. The third-order valence-corrected chi connectivity index (χ3v) is 3.41. The van der Waals surface area contributed by atoms with E-state index in [2.05, 4.69) is 9.88 Å². The molecular weight excluding hydrogens is 228 g/mol. The van der Waals surface area contributed by atoms with Crippen LogP contribution in [0.4, 0.5) is 5.69 Å². The van der Waals surface area contributed by atoms with E-state index in [1.54, 1.807) is 12.3 Å². The van der Waals surface area contributed by atoms with Gasteiger partial charge in [-0.3, -0.25) is 14.7 Å². The molecule has 1 aliphatic rings. The van der Waals surface area contributed by atoms with Crippen LogP contribution in [-0.4, -0.2) is 28.4 Å². The largest absolute Gasteiger partial charge is 0.399 e. The Hall–Kier alpha value is -1.62. The Balaban J connectivity index is 2.06. The maximum Gasteiger partial charge on any atom is 0.231 e. The number of pyridine rings is 1. The first-order chi connectivity index (χ1) is 8.65. The molecule has 0 aliphatic heterocycles. The Morgan fingerprint density at radius 3 is 2.78 bits per heavy atom. The Morgan fingerprint density at radius 1 is 1.44 bits per heavy atom. The lowest BCUT2D eigenvalue weighted by atomic mass is 10.2. The number of nitrogens with two attached hydrogens (primary N) is 2. The van der Waals surface area contributed by atoms with E-state index in [1.165, 1.54) is 12.8 Å². The molecule has 1 aromatic heterocycles. The zero-order chi connectivity index (χ0) is 13.0. The lowest BCUT2D eigenvalue weighted by Gasteiger charge is -2.27. The molecule has 1 aliphatic carbocycles. The van der Waals surface area contributed by atoms with Crippen LogP contribution in [0.2, 0.25) is 0 Å². The van der Waals surface area contributed by atoms with Crippen molar-refractivity contribution >= 4 is 11.6 Å². The van der Waals surface area contributed by atoms with Gasteiger partial charge in [-0.15, -0.1) is 0 Å². The van der Waals surface area contributed by atoms with Crippen LogP contribution in [0.3, 0.4) is 0 Å². The molecule has 1 heterocycles. The van der Waals surface area contributed by atoms with Crippen LogP contribution >= 0.6 is 0 Å². The first-order valence-corrected chi connectivity index (χ1v) is 6.38. The second kappa shape index (κ2) is 5.82. The molecule has 1 aromatic rings. The monoisotopic (exact) mass is 248 g/mol. The summed E-state index contributed by atoms with van der Waals surface area (Å²) in [5.74, 6) is -0.286. The Morgan fingerprint density at radius 2 is 2.17 bits per heavy atom. The standard InChI is InChI=1S/C13H20N4O/c14-10-5-6-16-11(7-10)8-17(9-13(15)18)12-3-1-2-4-12/h5-7,12H,1-4,8-9H2,(H2,14,16)(H2,15,18). The van der Waals surface area contributed by atoms with E-state index in [0.29, 0.717) is 24.8 Å². The van der Waals surface area contributed by atoms with Crippen molar-refractivity contribution in [1.82, 2.24) is 9.88 Å². The molecule has 18 heavy (non-hydrogen) atoms. The van der Waals surface area contributed by atoms with Crippen molar-refractivity contribution in [3.8, 4) is 0 Å². The fourth-order valence-corrected chi connectivity index (χ4v) is 2.58. The number of carbonyl (C=O) groups excluding carboxylic acids is 1. The summed E-state index contributed by atoms with van der Waals surface area (Å²) in [7, 11) is 0. The first kappa shape index (κ1) is 12.8. The molecule has 1 amide bonds. The summed E-state index contributed by atoms with van der Waals surface area (Å²) in [5.41, 5.74) is 12.6. The summed E-state index contributed by atoms with van der Waals surface area (Å²) in [4.78, 5) is 17.6. The van der Waals surface area contributed by atoms with Crippen LogP contribution in [0.5, 0.6) is 0 Å². The van der Waals surface area contributed by atoms with Crippen LogP contribution in [0, 0.1) is 0 Å². The number of amides is 1. The molecule has 0 atom stereocenters. The van der Waals surface area contributed by atoms with Crippen molar-refractivity contribution < 1.29 is 4.79 Å². The number of primary amides is 1. The molecule has 5 nitrogen and oxygen atoms in total. The topological polar surface area (TPSA) is 85.2 Å². The highest BCUT2D eigenvalue weighted by molar-refractivity contribution is 5.75. The van der Waals surface area contributed by atoms with Gasteiger partial charge in [0.25, 0.3) is 0 Å². The van der Waals surface area contributed by atoms with Crippen molar-refractivity contribution in [1.29, 1.82) is 0 Å². The van der Waals surface area contributed by atoms with E-state index in [-0.39, 0.29) is 5.91 Å². The number of aromatic nitrogens is 1. The maximum atomic E-state index is 11.2. The van der Waals surface area contributed by atoms with Crippen molar-refractivity contribution in [2.75, 3.05) is 12.3 Å². The van der Waals surface area contributed by atoms with Gasteiger partial charge in [-0.05, 0) is 25.0 Å². The smallest absolute Gasteiger partial charge is 0.231 e. The lowest BCUT2D eigenvalue weighted by molar-refractivity contribution is -0.119. The fourth-order valence-electron chi connectivity index (χ4n) is 2.58. The van der Waals surface area contributed by atoms with Crippen LogP contribution < -0.4 is 11.5 Å². The molecule has 5 heteroatoms. The van der Waals surface area contributed by atoms with Gasteiger partial charge in [-0.2, -0.15) is 0 Å². The Bertz CT molecular complexity index is 415. The van der Waals surface area contributed by atoms with E-state index in [0.717, 1.165) is 18.5 Å². The molecule has 98 valence electrons. The first-order valence-electron chi connectivity index (χ1n) is 6.38. The molecule has 4 N–H and O–H groups in total. The van der Waals surface area contributed by atoms with Gasteiger partial charge in [-0.1, -0.05) is 12.8 Å². The normalized spacial score (nSPS) is 16.3. The molecule has 1 saturated carbocycles. The molecule has 0 aromatic carbocycles. The predicted molar refractivity (Wildman–Crippen MR) is 70.5 cm³/mol. The zero-order valence-electron chi connectivity index (χ0n) is 10.5. The summed E-state index contributed by atoms with van der Waals surface area (Å²) in [6.07, 6.45) is 6.42. The number of anilines is 1. The third kappa shape index (κ3) is 3.43. The van der Waals surface area contributed by atoms with Crippen LogP contribution in [0.25, 0.3) is 0 Å². The van der Waals surface area contributed by atoms with E-state index >= 15 is 0 Å². The third-order valence-electron chi connectivity index (χ3n) is 3.41. The van der Waals surface area contributed by atoms with Crippen molar-refractivity contribution in [3.05, 3.63) is 24.0 Å². The van der Waals surface area contributed by atoms with Crippen LogP contribution in [-0.2, 0) is 11.3 Å². The summed E-state index contributed by atoms with van der Waals surface area (Å²) < 4.78 is 0. The number of rotatable bonds is 5. The molecule has 0 bridgehead atoms. The minimum absolute atomic E-state index is 0.286. The second-order valence-electron chi connectivity index (χ2n) is 4.89. The molecule has 0 unspecified atom stereocenters. The van der Waals surface area contributed by atoms with E-state index in [4.69, 9.17) is 11.5 Å². The molecule has 0 spiro atoms. The fraction of sp³-hybridized carbons (Fsp3) is 0.538. The van der Waals surface area contributed by atoms with E-state index in [1.807, 2.05) is 6.07 Å².